The van der Waals surface area contributed by atoms with E-state index in [1.54, 1.807) is 23.5 Å². The van der Waals surface area contributed by atoms with Crippen molar-refractivity contribution in [1.82, 2.24) is 9.80 Å². The van der Waals surface area contributed by atoms with Crippen molar-refractivity contribution in [2.45, 2.75) is 0 Å². The molecule has 0 amide bonds. The van der Waals surface area contributed by atoms with Gasteiger partial charge in [-0.25, -0.2) is 4.79 Å². The Balaban J connectivity index is 1.14. The molecule has 0 radical (unpaired) electrons. The zero-order chi connectivity index (χ0) is 27.9. The number of halogens is 1. The summed E-state index contributed by atoms with van der Waals surface area (Å²) in [7, 11) is 0. The minimum absolute atomic E-state index is 0.230. The highest BCUT2D eigenvalue weighted by Crippen LogP contribution is 2.47. The Labute approximate surface area is 245 Å². The van der Waals surface area contributed by atoms with Crippen LogP contribution in [0.2, 0.25) is 0 Å². The van der Waals surface area contributed by atoms with Crippen LogP contribution in [0.25, 0.3) is 20.5 Å². The Hall–Kier alpha value is -3.15. The van der Waals surface area contributed by atoms with Crippen molar-refractivity contribution >= 4 is 43.3 Å². The molecule has 4 aromatic rings. The number of phenolic OH excluding ortho intramolecular Hbond substituents is 1. The summed E-state index contributed by atoms with van der Waals surface area (Å²) < 4.78 is 19.5. The average Bonchev–Trinajstić information content (AvgIpc) is 3.30. The number of aliphatic carboxylic acids is 1. The number of nitrogens with zero attached hydrogens (tertiary/aromatic N) is 2. The van der Waals surface area contributed by atoms with Crippen molar-refractivity contribution < 1.29 is 29.2 Å². The van der Waals surface area contributed by atoms with Crippen LogP contribution in [0.3, 0.4) is 0 Å². The first kappa shape index (κ1) is 28.4. The molecule has 2 N–H and O–H groups in total. The van der Waals surface area contributed by atoms with Gasteiger partial charge in [-0.3, -0.25) is 9.80 Å². The smallest absolute Gasteiger partial charge is 0.329 e. The second-order valence-electron chi connectivity index (χ2n) is 9.50. The Morgan fingerprint density at radius 3 is 2.20 bits per heavy atom. The molecule has 1 fully saturated rings. The Morgan fingerprint density at radius 1 is 0.875 bits per heavy atom. The van der Waals surface area contributed by atoms with Gasteiger partial charge in [0.2, 0.25) is 0 Å². The molecule has 10 heteroatoms. The molecule has 1 aromatic heterocycles. The molecule has 0 unspecified atom stereocenters. The van der Waals surface area contributed by atoms with Gasteiger partial charge >= 0.3 is 5.97 Å². The number of hydrogen-bond donors (Lipinski definition) is 2. The van der Waals surface area contributed by atoms with Gasteiger partial charge in [0.05, 0.1) is 11.5 Å². The maximum absolute atomic E-state index is 10.5. The van der Waals surface area contributed by atoms with E-state index in [2.05, 4.69) is 37.9 Å². The SMILES string of the molecule is O=C(O)COCCN1CCN(CCOc2ccc(Oc3c(-c4ccc(Br)cc4)sc4cc(O)ccc34)cc2)CC1. The lowest BCUT2D eigenvalue weighted by molar-refractivity contribution is -0.142. The molecule has 8 nitrogen and oxygen atoms in total. The van der Waals surface area contributed by atoms with Crippen LogP contribution in [0.4, 0.5) is 0 Å². The van der Waals surface area contributed by atoms with Crippen molar-refractivity contribution in [2.24, 2.45) is 0 Å². The number of hydrogen-bond acceptors (Lipinski definition) is 8. The number of carboxylic acids is 1. The number of carboxylic acid groups (broad SMARTS) is 1. The normalized spacial score (nSPS) is 14.4. The third-order valence-electron chi connectivity index (χ3n) is 6.70. The van der Waals surface area contributed by atoms with E-state index < -0.39 is 5.97 Å². The summed E-state index contributed by atoms with van der Waals surface area (Å²) in [5, 5.41) is 19.6. The molecule has 3 aromatic carbocycles. The molecular formula is C30H31BrN2O6S. The molecule has 1 aliphatic heterocycles. The van der Waals surface area contributed by atoms with E-state index in [9.17, 15) is 9.90 Å². The number of aromatic hydroxyl groups is 1. The fraction of sp³-hybridized carbons (Fsp3) is 0.300. The predicted octanol–water partition coefficient (Wildman–Crippen LogP) is 5.93. The second-order valence-corrected chi connectivity index (χ2v) is 11.5. The first-order chi connectivity index (χ1) is 19.4. The van der Waals surface area contributed by atoms with E-state index >= 15 is 0 Å². The summed E-state index contributed by atoms with van der Waals surface area (Å²) in [5.41, 5.74) is 1.05. The van der Waals surface area contributed by atoms with Crippen LogP contribution in [0.15, 0.2) is 71.2 Å². The fourth-order valence-corrected chi connectivity index (χ4v) is 5.99. The summed E-state index contributed by atoms with van der Waals surface area (Å²) in [5.74, 6) is 1.56. The maximum Gasteiger partial charge on any atom is 0.329 e. The van der Waals surface area contributed by atoms with Crippen LogP contribution >= 0.6 is 27.3 Å². The van der Waals surface area contributed by atoms with Gasteiger partial charge in [-0.05, 0) is 60.2 Å². The van der Waals surface area contributed by atoms with Crippen LogP contribution < -0.4 is 9.47 Å². The van der Waals surface area contributed by atoms with Crippen molar-refractivity contribution in [3.05, 3.63) is 71.2 Å². The van der Waals surface area contributed by atoms with Crippen LogP contribution in [0, 0.1) is 0 Å². The first-order valence-corrected chi connectivity index (χ1v) is 14.7. The number of benzene rings is 3. The summed E-state index contributed by atoms with van der Waals surface area (Å²) in [6.07, 6.45) is 0. The second kappa shape index (κ2) is 13.5. The summed E-state index contributed by atoms with van der Waals surface area (Å²) in [4.78, 5) is 16.2. The van der Waals surface area contributed by atoms with Gasteiger partial charge in [-0.15, -0.1) is 11.3 Å². The van der Waals surface area contributed by atoms with Crippen molar-refractivity contribution in [2.75, 3.05) is 59.1 Å². The lowest BCUT2D eigenvalue weighted by Crippen LogP contribution is -2.48. The monoisotopic (exact) mass is 626 g/mol. The number of phenols is 1. The number of ether oxygens (including phenoxy) is 3. The summed E-state index contributed by atoms with van der Waals surface area (Å²) in [6.45, 7) is 6.13. The van der Waals surface area contributed by atoms with E-state index in [0.717, 1.165) is 75.8 Å². The summed E-state index contributed by atoms with van der Waals surface area (Å²) >= 11 is 5.09. The number of thiophene rings is 1. The molecule has 40 heavy (non-hydrogen) atoms. The third-order valence-corrected chi connectivity index (χ3v) is 8.41. The quantitative estimate of drug-likeness (QED) is 0.187. The van der Waals surface area contributed by atoms with E-state index in [1.807, 2.05) is 42.5 Å². The molecule has 0 bridgehead atoms. The molecule has 2 heterocycles. The predicted molar refractivity (Wildman–Crippen MR) is 160 cm³/mol. The zero-order valence-electron chi connectivity index (χ0n) is 21.9. The van der Waals surface area contributed by atoms with Crippen LogP contribution in [0.5, 0.6) is 23.0 Å². The maximum atomic E-state index is 10.5. The van der Waals surface area contributed by atoms with E-state index in [1.165, 1.54) is 0 Å². The number of rotatable bonds is 12. The fourth-order valence-electron chi connectivity index (χ4n) is 4.56. The number of fused-ring (bicyclic) bond motifs is 1. The van der Waals surface area contributed by atoms with Gasteiger partial charge in [-0.2, -0.15) is 0 Å². The molecule has 0 aliphatic carbocycles. The van der Waals surface area contributed by atoms with Gasteiger partial charge < -0.3 is 24.4 Å². The average molecular weight is 628 g/mol. The largest absolute Gasteiger partial charge is 0.508 e. The van der Waals surface area contributed by atoms with Crippen LogP contribution in [0.1, 0.15) is 0 Å². The number of piperazine rings is 1. The molecule has 0 atom stereocenters. The molecule has 210 valence electrons. The van der Waals surface area contributed by atoms with Gasteiger partial charge in [0, 0.05) is 53.8 Å². The number of carbonyl (C=O) groups is 1. The van der Waals surface area contributed by atoms with Crippen LogP contribution in [-0.4, -0.2) is 85.1 Å². The first-order valence-electron chi connectivity index (χ1n) is 13.1. The van der Waals surface area contributed by atoms with Crippen molar-refractivity contribution in [3.8, 4) is 33.4 Å². The topological polar surface area (TPSA) is 91.7 Å². The molecule has 0 saturated carbocycles. The van der Waals surface area contributed by atoms with Crippen molar-refractivity contribution in [3.63, 3.8) is 0 Å². The molecular weight excluding hydrogens is 596 g/mol. The zero-order valence-corrected chi connectivity index (χ0v) is 24.3. The Morgan fingerprint density at radius 2 is 1.52 bits per heavy atom. The molecule has 1 saturated heterocycles. The molecule has 1 aliphatic rings. The lowest BCUT2D eigenvalue weighted by atomic mass is 10.1. The van der Waals surface area contributed by atoms with Gasteiger partial charge in [-0.1, -0.05) is 28.1 Å². The lowest BCUT2D eigenvalue weighted by Gasteiger charge is -2.34. The minimum Gasteiger partial charge on any atom is -0.508 e. The minimum atomic E-state index is -0.934. The van der Waals surface area contributed by atoms with Crippen LogP contribution in [-0.2, 0) is 9.53 Å². The standard InChI is InChI=1S/C30H31BrN2O6S/c31-22-3-1-21(2-4-22)30-29(26-10-5-23(34)19-27(26)40-30)39-25-8-6-24(7-9-25)38-18-16-33-13-11-32(12-14-33)15-17-37-20-28(35)36/h1-10,19,34H,11-18,20H2,(H,35,36). The van der Waals surface area contributed by atoms with E-state index in [-0.39, 0.29) is 12.4 Å². The highest BCUT2D eigenvalue weighted by Gasteiger charge is 2.18. The Kier molecular flexibility index (Phi) is 9.56. The Bertz CT molecular complexity index is 1420. The summed E-state index contributed by atoms with van der Waals surface area (Å²) in [6, 6.07) is 21.1. The molecule has 5 rings (SSSR count). The van der Waals surface area contributed by atoms with E-state index in [0.29, 0.717) is 19.0 Å². The third kappa shape index (κ3) is 7.52. The van der Waals surface area contributed by atoms with Gasteiger partial charge in [0.15, 0.2) is 5.75 Å². The van der Waals surface area contributed by atoms with Crippen molar-refractivity contribution in [1.29, 1.82) is 0 Å². The highest BCUT2D eigenvalue weighted by atomic mass is 79.9. The van der Waals surface area contributed by atoms with Gasteiger partial charge in [0.1, 0.15) is 30.5 Å². The highest BCUT2D eigenvalue weighted by molar-refractivity contribution is 9.10. The van der Waals surface area contributed by atoms with E-state index in [4.69, 9.17) is 19.3 Å². The van der Waals surface area contributed by atoms with Gasteiger partial charge in [0.25, 0.3) is 0 Å². The molecule has 0 spiro atoms.